The van der Waals surface area contributed by atoms with Gasteiger partial charge in [0.2, 0.25) is 0 Å². The molecule has 0 aromatic carbocycles. The summed E-state index contributed by atoms with van der Waals surface area (Å²) in [6.07, 6.45) is 2.18. The maximum absolute atomic E-state index is 11.6. The van der Waals surface area contributed by atoms with Crippen molar-refractivity contribution in [2.75, 3.05) is 19.7 Å². The fourth-order valence-corrected chi connectivity index (χ4v) is 2.79. The molecule has 2 unspecified atom stereocenters. The number of carbonyl (C=O) groups is 1. The molecule has 0 radical (unpaired) electrons. The molecule has 0 aliphatic carbocycles. The summed E-state index contributed by atoms with van der Waals surface area (Å²) in [5.74, 6) is 0. The van der Waals surface area contributed by atoms with Gasteiger partial charge in [-0.15, -0.1) is 11.3 Å². The molecule has 2 atom stereocenters. The molecule has 5 nitrogen and oxygen atoms in total. The first-order valence-electron chi connectivity index (χ1n) is 6.47. The second kappa shape index (κ2) is 6.36. The smallest absolute Gasteiger partial charge is 0.314 e. The van der Waals surface area contributed by atoms with Crippen molar-refractivity contribution in [1.82, 2.24) is 10.6 Å². The second-order valence-electron chi connectivity index (χ2n) is 4.95. The van der Waals surface area contributed by atoms with Crippen LogP contribution in [0.5, 0.6) is 0 Å². The quantitative estimate of drug-likeness (QED) is 0.766. The van der Waals surface area contributed by atoms with E-state index in [1.807, 2.05) is 17.5 Å². The molecular formula is C13H20N2O3S. The zero-order valence-corrected chi connectivity index (χ0v) is 11.8. The molecule has 2 amide bonds. The maximum atomic E-state index is 11.6. The van der Waals surface area contributed by atoms with Crippen molar-refractivity contribution in [2.45, 2.75) is 31.5 Å². The van der Waals surface area contributed by atoms with Gasteiger partial charge in [0, 0.05) is 18.0 Å². The number of thiophene rings is 1. The molecule has 0 saturated carbocycles. The van der Waals surface area contributed by atoms with Crippen LogP contribution in [-0.4, -0.2) is 36.9 Å². The number of aliphatic hydroxyl groups is 1. The van der Waals surface area contributed by atoms with Crippen LogP contribution in [0.25, 0.3) is 0 Å². The van der Waals surface area contributed by atoms with Crippen molar-refractivity contribution in [3.8, 4) is 0 Å². The van der Waals surface area contributed by atoms with Gasteiger partial charge in [0.05, 0.1) is 12.6 Å². The van der Waals surface area contributed by atoms with Gasteiger partial charge in [0.1, 0.15) is 5.60 Å². The van der Waals surface area contributed by atoms with Crippen LogP contribution < -0.4 is 10.6 Å². The molecule has 6 heteroatoms. The average Bonchev–Trinajstić information content (AvgIpc) is 3.06. The van der Waals surface area contributed by atoms with E-state index in [9.17, 15) is 9.90 Å². The second-order valence-corrected chi connectivity index (χ2v) is 5.90. The number of ether oxygens (including phenoxy) is 1. The minimum absolute atomic E-state index is 0.128. The lowest BCUT2D eigenvalue weighted by Crippen LogP contribution is -2.45. The maximum Gasteiger partial charge on any atom is 0.314 e. The van der Waals surface area contributed by atoms with Crippen molar-refractivity contribution in [2.24, 2.45) is 0 Å². The van der Waals surface area contributed by atoms with E-state index in [4.69, 9.17) is 4.74 Å². The van der Waals surface area contributed by atoms with Crippen LogP contribution in [0.2, 0.25) is 0 Å². The van der Waals surface area contributed by atoms with E-state index < -0.39 is 5.60 Å². The topological polar surface area (TPSA) is 70.6 Å². The van der Waals surface area contributed by atoms with Crippen LogP contribution >= 0.6 is 11.3 Å². The Kier molecular flexibility index (Phi) is 4.79. The highest BCUT2D eigenvalue weighted by molar-refractivity contribution is 7.10. The fourth-order valence-electron chi connectivity index (χ4n) is 2.00. The molecule has 1 aliphatic heterocycles. The summed E-state index contributed by atoms with van der Waals surface area (Å²) < 4.78 is 5.42. The van der Waals surface area contributed by atoms with E-state index in [0.717, 1.165) is 24.3 Å². The summed E-state index contributed by atoms with van der Waals surface area (Å²) in [5, 5.41) is 17.6. The lowest BCUT2D eigenvalue weighted by atomic mass is 10.1. The first kappa shape index (κ1) is 14.3. The Morgan fingerprint density at radius 2 is 2.47 bits per heavy atom. The van der Waals surface area contributed by atoms with Crippen molar-refractivity contribution >= 4 is 17.4 Å². The van der Waals surface area contributed by atoms with Crippen LogP contribution in [0.4, 0.5) is 4.79 Å². The number of rotatable bonds is 5. The van der Waals surface area contributed by atoms with Crippen molar-refractivity contribution in [1.29, 1.82) is 0 Å². The normalized spacial score (nSPS) is 21.9. The Morgan fingerprint density at radius 3 is 3.11 bits per heavy atom. The third-order valence-electron chi connectivity index (χ3n) is 3.16. The first-order chi connectivity index (χ1) is 9.08. The van der Waals surface area contributed by atoms with Crippen LogP contribution in [0.3, 0.4) is 0 Å². The zero-order chi connectivity index (χ0) is 13.7. The Bertz CT molecular complexity index is 400. The number of hydrogen-bond donors (Lipinski definition) is 3. The van der Waals surface area contributed by atoms with Gasteiger partial charge in [0.25, 0.3) is 0 Å². The van der Waals surface area contributed by atoms with E-state index in [1.54, 1.807) is 6.92 Å². The molecule has 2 rings (SSSR count). The third-order valence-corrected chi connectivity index (χ3v) is 4.28. The highest BCUT2D eigenvalue weighted by Gasteiger charge is 2.25. The molecular weight excluding hydrogens is 264 g/mol. The van der Waals surface area contributed by atoms with E-state index in [1.165, 1.54) is 11.3 Å². The monoisotopic (exact) mass is 284 g/mol. The standard InChI is InChI=1S/C13H20N2O3S/c1-13(17,11-5-3-7-19-11)9-15-12(16)14-8-10-4-2-6-18-10/h3,5,7,10,17H,2,4,6,8-9H2,1H3,(H2,14,15,16). The summed E-state index contributed by atoms with van der Waals surface area (Å²) in [5.41, 5.74) is -1.03. The molecule has 19 heavy (non-hydrogen) atoms. The average molecular weight is 284 g/mol. The fraction of sp³-hybridized carbons (Fsp3) is 0.615. The van der Waals surface area contributed by atoms with Crippen molar-refractivity contribution in [3.05, 3.63) is 22.4 Å². The van der Waals surface area contributed by atoms with Crippen LogP contribution in [0.1, 0.15) is 24.6 Å². The van der Waals surface area contributed by atoms with Gasteiger partial charge in [-0.1, -0.05) is 6.07 Å². The Hall–Kier alpha value is -1.11. The van der Waals surface area contributed by atoms with E-state index >= 15 is 0 Å². The lowest BCUT2D eigenvalue weighted by molar-refractivity contribution is 0.0627. The van der Waals surface area contributed by atoms with Crippen molar-refractivity contribution < 1.29 is 14.6 Å². The summed E-state index contributed by atoms with van der Waals surface area (Å²) >= 11 is 1.47. The number of amides is 2. The minimum Gasteiger partial charge on any atom is -0.383 e. The molecule has 1 aliphatic rings. The van der Waals surface area contributed by atoms with E-state index in [-0.39, 0.29) is 18.7 Å². The number of urea groups is 1. The van der Waals surface area contributed by atoms with Gasteiger partial charge >= 0.3 is 6.03 Å². The van der Waals surface area contributed by atoms with Crippen molar-refractivity contribution in [3.63, 3.8) is 0 Å². The number of nitrogens with one attached hydrogen (secondary N) is 2. The summed E-state index contributed by atoms with van der Waals surface area (Å²) in [7, 11) is 0. The first-order valence-corrected chi connectivity index (χ1v) is 7.35. The highest BCUT2D eigenvalue weighted by atomic mass is 32.1. The van der Waals surface area contributed by atoms with Crippen LogP contribution in [0.15, 0.2) is 17.5 Å². The summed E-state index contributed by atoms with van der Waals surface area (Å²) in [4.78, 5) is 12.5. The minimum atomic E-state index is -1.03. The lowest BCUT2D eigenvalue weighted by Gasteiger charge is -2.22. The molecule has 1 aromatic rings. The van der Waals surface area contributed by atoms with E-state index in [0.29, 0.717) is 6.54 Å². The predicted molar refractivity (Wildman–Crippen MR) is 74.3 cm³/mol. The Morgan fingerprint density at radius 1 is 1.63 bits per heavy atom. The van der Waals surface area contributed by atoms with Gasteiger partial charge in [-0.05, 0) is 31.2 Å². The number of hydrogen-bond acceptors (Lipinski definition) is 4. The molecule has 0 bridgehead atoms. The van der Waals surface area contributed by atoms with Gasteiger partial charge in [-0.25, -0.2) is 4.79 Å². The molecule has 1 saturated heterocycles. The number of carbonyl (C=O) groups excluding carboxylic acids is 1. The summed E-state index contributed by atoms with van der Waals surface area (Å²) in [6, 6.07) is 3.47. The van der Waals surface area contributed by atoms with Gasteiger partial charge in [0.15, 0.2) is 0 Å². The Balaban J connectivity index is 1.70. The zero-order valence-electron chi connectivity index (χ0n) is 11.0. The van der Waals surface area contributed by atoms with Gasteiger partial charge in [-0.2, -0.15) is 0 Å². The van der Waals surface area contributed by atoms with Gasteiger partial charge in [-0.3, -0.25) is 0 Å². The highest BCUT2D eigenvalue weighted by Crippen LogP contribution is 2.24. The molecule has 1 fully saturated rings. The van der Waals surface area contributed by atoms with Crippen LogP contribution in [-0.2, 0) is 10.3 Å². The predicted octanol–water partition coefficient (Wildman–Crippen LogP) is 1.43. The Labute approximate surface area is 117 Å². The molecule has 2 heterocycles. The third kappa shape index (κ3) is 4.19. The SMILES string of the molecule is CC(O)(CNC(=O)NCC1CCCO1)c1cccs1. The van der Waals surface area contributed by atoms with Gasteiger partial charge < -0.3 is 20.5 Å². The molecule has 106 valence electrons. The molecule has 1 aromatic heterocycles. The largest absolute Gasteiger partial charge is 0.383 e. The summed E-state index contributed by atoms with van der Waals surface area (Å²) in [6.45, 7) is 3.18. The molecule has 0 spiro atoms. The molecule has 3 N–H and O–H groups in total. The van der Waals surface area contributed by atoms with E-state index in [2.05, 4.69) is 10.6 Å². The van der Waals surface area contributed by atoms with Crippen LogP contribution in [0, 0.1) is 0 Å².